The Hall–Kier alpha value is -1.81. The number of carbonyl (C=O) groups excluding carboxylic acids is 1. The molecule has 0 saturated carbocycles. The van der Waals surface area contributed by atoms with E-state index in [9.17, 15) is 9.90 Å². The predicted octanol–water partition coefficient (Wildman–Crippen LogP) is 2.62. The van der Waals surface area contributed by atoms with Crippen LogP contribution in [-0.2, 0) is 11.3 Å². The monoisotopic (exact) mass is 291 g/mol. The first-order chi connectivity index (χ1) is 10.0. The fourth-order valence-corrected chi connectivity index (χ4v) is 2.23. The molecule has 1 amide bonds. The number of aliphatic hydroxyl groups excluding tert-OH is 1. The SMILES string of the molecule is C=CCC(=O)N(Cc1ccc(OC)cc1)[C@H](CO)C(C)C. The van der Waals surface area contributed by atoms with Crippen LogP contribution in [0, 0.1) is 5.92 Å². The number of hydrogen-bond acceptors (Lipinski definition) is 3. The number of methoxy groups -OCH3 is 1. The third-order valence-corrected chi connectivity index (χ3v) is 3.51. The topological polar surface area (TPSA) is 49.8 Å². The number of aliphatic hydroxyl groups is 1. The Morgan fingerprint density at radius 1 is 1.38 bits per heavy atom. The lowest BCUT2D eigenvalue weighted by Gasteiger charge is -2.33. The number of carbonyl (C=O) groups is 1. The van der Waals surface area contributed by atoms with Gasteiger partial charge in [0.05, 0.1) is 19.8 Å². The van der Waals surface area contributed by atoms with Gasteiger partial charge in [0, 0.05) is 13.0 Å². The van der Waals surface area contributed by atoms with Crippen molar-refractivity contribution < 1.29 is 14.6 Å². The molecule has 0 unspecified atom stereocenters. The number of hydrogen-bond donors (Lipinski definition) is 1. The van der Waals surface area contributed by atoms with E-state index in [1.807, 2.05) is 38.1 Å². The van der Waals surface area contributed by atoms with Crippen LogP contribution in [0.4, 0.5) is 0 Å². The summed E-state index contributed by atoms with van der Waals surface area (Å²) in [5.74, 6) is 0.945. The van der Waals surface area contributed by atoms with Crippen LogP contribution in [-0.4, -0.2) is 35.7 Å². The standard InChI is InChI=1S/C17H25NO3/c1-5-6-17(20)18(16(12-19)13(2)3)11-14-7-9-15(21-4)10-8-14/h5,7-10,13,16,19H,1,6,11-12H2,2-4H3/t16-/m1/s1. The largest absolute Gasteiger partial charge is 0.497 e. The molecule has 0 fully saturated rings. The van der Waals surface area contributed by atoms with Gasteiger partial charge < -0.3 is 14.7 Å². The molecule has 0 spiro atoms. The second-order valence-electron chi connectivity index (χ2n) is 5.36. The summed E-state index contributed by atoms with van der Waals surface area (Å²) in [5.41, 5.74) is 1.01. The highest BCUT2D eigenvalue weighted by molar-refractivity contribution is 5.78. The summed E-state index contributed by atoms with van der Waals surface area (Å²) >= 11 is 0. The van der Waals surface area contributed by atoms with Crippen molar-refractivity contribution in [2.75, 3.05) is 13.7 Å². The lowest BCUT2D eigenvalue weighted by molar-refractivity contribution is -0.135. The first-order valence-corrected chi connectivity index (χ1v) is 7.17. The maximum atomic E-state index is 12.3. The normalized spacial score (nSPS) is 12.0. The predicted molar refractivity (Wildman–Crippen MR) is 84.1 cm³/mol. The summed E-state index contributed by atoms with van der Waals surface area (Å²) in [7, 11) is 1.62. The second-order valence-corrected chi connectivity index (χ2v) is 5.36. The zero-order chi connectivity index (χ0) is 15.8. The van der Waals surface area contributed by atoms with Gasteiger partial charge in [-0.15, -0.1) is 6.58 Å². The van der Waals surface area contributed by atoms with E-state index in [-0.39, 0.29) is 30.9 Å². The highest BCUT2D eigenvalue weighted by Crippen LogP contribution is 2.18. The first kappa shape index (κ1) is 17.2. The summed E-state index contributed by atoms with van der Waals surface area (Å²) < 4.78 is 5.13. The molecular weight excluding hydrogens is 266 g/mol. The zero-order valence-corrected chi connectivity index (χ0v) is 13.1. The Morgan fingerprint density at radius 2 is 2.00 bits per heavy atom. The van der Waals surface area contributed by atoms with Crippen LogP contribution in [0.3, 0.4) is 0 Å². The molecule has 116 valence electrons. The highest BCUT2D eigenvalue weighted by atomic mass is 16.5. The highest BCUT2D eigenvalue weighted by Gasteiger charge is 2.25. The number of nitrogens with zero attached hydrogens (tertiary/aromatic N) is 1. The van der Waals surface area contributed by atoms with Gasteiger partial charge in [-0.05, 0) is 23.6 Å². The Balaban J connectivity index is 2.94. The van der Waals surface area contributed by atoms with E-state index in [1.165, 1.54) is 0 Å². The smallest absolute Gasteiger partial charge is 0.226 e. The molecule has 0 heterocycles. The third-order valence-electron chi connectivity index (χ3n) is 3.51. The van der Waals surface area contributed by atoms with Gasteiger partial charge >= 0.3 is 0 Å². The second kappa shape index (κ2) is 8.47. The number of rotatable bonds is 8. The van der Waals surface area contributed by atoms with Crippen LogP contribution in [0.25, 0.3) is 0 Å². The quantitative estimate of drug-likeness (QED) is 0.749. The van der Waals surface area contributed by atoms with E-state index in [0.717, 1.165) is 11.3 Å². The molecule has 1 rings (SSSR count). The molecule has 0 aromatic heterocycles. The van der Waals surface area contributed by atoms with Gasteiger partial charge in [0.1, 0.15) is 5.75 Å². The van der Waals surface area contributed by atoms with Crippen molar-refractivity contribution in [3.63, 3.8) is 0 Å². The van der Waals surface area contributed by atoms with Crippen molar-refractivity contribution in [1.29, 1.82) is 0 Å². The van der Waals surface area contributed by atoms with Crippen molar-refractivity contribution >= 4 is 5.91 Å². The summed E-state index contributed by atoms with van der Waals surface area (Å²) in [6.45, 7) is 8.05. The van der Waals surface area contributed by atoms with E-state index in [1.54, 1.807) is 18.1 Å². The molecule has 1 aromatic carbocycles. The van der Waals surface area contributed by atoms with Crippen molar-refractivity contribution in [3.8, 4) is 5.75 Å². The van der Waals surface area contributed by atoms with Gasteiger partial charge in [0.15, 0.2) is 0 Å². The van der Waals surface area contributed by atoms with E-state index in [4.69, 9.17) is 4.74 Å². The van der Waals surface area contributed by atoms with Crippen LogP contribution >= 0.6 is 0 Å². The third kappa shape index (κ3) is 4.90. The number of benzene rings is 1. The Morgan fingerprint density at radius 3 is 2.43 bits per heavy atom. The summed E-state index contributed by atoms with van der Waals surface area (Å²) in [6.07, 6.45) is 1.87. The van der Waals surface area contributed by atoms with Crippen molar-refractivity contribution in [1.82, 2.24) is 4.90 Å². The van der Waals surface area contributed by atoms with Crippen LogP contribution < -0.4 is 4.74 Å². The van der Waals surface area contributed by atoms with Gasteiger partial charge in [0.2, 0.25) is 5.91 Å². The molecule has 21 heavy (non-hydrogen) atoms. The molecule has 1 N–H and O–H groups in total. The number of amides is 1. The van der Waals surface area contributed by atoms with Gasteiger partial charge in [0.25, 0.3) is 0 Å². The average Bonchev–Trinajstić information content (AvgIpc) is 2.47. The average molecular weight is 291 g/mol. The summed E-state index contributed by atoms with van der Waals surface area (Å²) in [6, 6.07) is 7.41. The lowest BCUT2D eigenvalue weighted by atomic mass is 10.0. The van der Waals surface area contributed by atoms with Crippen LogP contribution in [0.5, 0.6) is 5.75 Å². The van der Waals surface area contributed by atoms with Gasteiger partial charge in [-0.25, -0.2) is 0 Å². The summed E-state index contributed by atoms with van der Waals surface area (Å²) in [5, 5.41) is 9.60. The van der Waals surface area contributed by atoms with E-state index in [0.29, 0.717) is 6.54 Å². The van der Waals surface area contributed by atoms with Gasteiger partial charge in [-0.3, -0.25) is 4.79 Å². The Bertz CT molecular complexity index is 454. The maximum absolute atomic E-state index is 12.3. The van der Waals surface area contributed by atoms with E-state index >= 15 is 0 Å². The Labute approximate surface area is 127 Å². The van der Waals surface area contributed by atoms with Crippen LogP contribution in [0.2, 0.25) is 0 Å². The molecular formula is C17H25NO3. The molecule has 0 bridgehead atoms. The molecule has 0 saturated heterocycles. The minimum atomic E-state index is -0.195. The minimum Gasteiger partial charge on any atom is -0.497 e. The van der Waals surface area contributed by atoms with Crippen LogP contribution in [0.15, 0.2) is 36.9 Å². The molecule has 0 aliphatic carbocycles. The minimum absolute atomic E-state index is 0.0198. The molecule has 1 aromatic rings. The van der Waals surface area contributed by atoms with Gasteiger partial charge in [-0.2, -0.15) is 0 Å². The van der Waals surface area contributed by atoms with Crippen molar-refractivity contribution in [2.24, 2.45) is 5.92 Å². The zero-order valence-electron chi connectivity index (χ0n) is 13.1. The van der Waals surface area contributed by atoms with E-state index < -0.39 is 0 Å². The maximum Gasteiger partial charge on any atom is 0.226 e. The summed E-state index contributed by atoms with van der Waals surface area (Å²) in [4.78, 5) is 14.0. The molecule has 0 radical (unpaired) electrons. The van der Waals surface area contributed by atoms with Gasteiger partial charge in [-0.1, -0.05) is 32.1 Å². The van der Waals surface area contributed by atoms with Crippen molar-refractivity contribution in [3.05, 3.63) is 42.5 Å². The number of ether oxygens (including phenoxy) is 1. The van der Waals surface area contributed by atoms with Crippen LogP contribution in [0.1, 0.15) is 25.8 Å². The fraction of sp³-hybridized carbons (Fsp3) is 0.471. The van der Waals surface area contributed by atoms with Crippen molar-refractivity contribution in [2.45, 2.75) is 32.9 Å². The Kier molecular flexibility index (Phi) is 6.96. The molecule has 1 atom stereocenters. The van der Waals surface area contributed by atoms with E-state index in [2.05, 4.69) is 6.58 Å². The molecule has 4 nitrogen and oxygen atoms in total. The molecule has 0 aliphatic heterocycles. The molecule has 0 aliphatic rings. The lowest BCUT2D eigenvalue weighted by Crippen LogP contribution is -2.44. The first-order valence-electron chi connectivity index (χ1n) is 7.17. The molecule has 4 heteroatoms. The fourth-order valence-electron chi connectivity index (χ4n) is 2.23.